The number of nitrogens with one attached hydrogen (secondary N) is 1. The van der Waals surface area contributed by atoms with Gasteiger partial charge >= 0.3 is 5.97 Å². The summed E-state index contributed by atoms with van der Waals surface area (Å²) in [5, 5.41) is 21.9. The summed E-state index contributed by atoms with van der Waals surface area (Å²) >= 11 is 5.85. The topological polar surface area (TPSA) is 119 Å². The Morgan fingerprint density at radius 2 is 2.27 bits per heavy atom. The first-order valence-electron chi connectivity index (χ1n) is 5.74. The number of aliphatic carboxylic acids is 1. The van der Waals surface area contributed by atoms with Gasteiger partial charge in [-0.2, -0.15) is 0 Å². The quantitative estimate of drug-likeness (QED) is 0.359. The van der Waals surface area contributed by atoms with Crippen LogP contribution in [0.25, 0.3) is 6.08 Å². The lowest BCUT2D eigenvalue weighted by Crippen LogP contribution is -2.17. The predicted molar refractivity (Wildman–Crippen MR) is 82.5 cm³/mol. The van der Waals surface area contributed by atoms with Gasteiger partial charge < -0.3 is 15.2 Å². The highest BCUT2D eigenvalue weighted by atomic mass is 32.2. The monoisotopic (exact) mass is 340 g/mol. The Kier molecular flexibility index (Phi) is 4.73. The van der Waals surface area contributed by atoms with E-state index in [0.29, 0.717) is 0 Å². The van der Waals surface area contributed by atoms with Gasteiger partial charge in [0.15, 0.2) is 6.61 Å². The Morgan fingerprint density at radius 1 is 1.55 bits per heavy atom. The summed E-state index contributed by atoms with van der Waals surface area (Å²) in [5.41, 5.74) is 0.0123. The van der Waals surface area contributed by atoms with Crippen LogP contribution in [0.15, 0.2) is 23.1 Å². The van der Waals surface area contributed by atoms with Crippen molar-refractivity contribution in [1.29, 1.82) is 0 Å². The first-order valence-corrected chi connectivity index (χ1v) is 6.97. The molecule has 0 radical (unpaired) electrons. The van der Waals surface area contributed by atoms with Gasteiger partial charge in [0.25, 0.3) is 11.6 Å². The zero-order valence-corrected chi connectivity index (χ0v) is 12.4. The molecule has 1 aliphatic rings. The molecule has 114 valence electrons. The number of hydrogen-bond donors (Lipinski definition) is 2. The minimum Gasteiger partial charge on any atom is -0.481 e. The van der Waals surface area contributed by atoms with Crippen LogP contribution in [0.1, 0.15) is 5.56 Å². The van der Waals surface area contributed by atoms with Crippen molar-refractivity contribution in [3.05, 3.63) is 38.8 Å². The van der Waals surface area contributed by atoms with Crippen LogP contribution < -0.4 is 10.1 Å². The number of carbonyl (C=O) groups is 2. The molecule has 10 heteroatoms. The molecule has 0 atom stereocenters. The summed E-state index contributed by atoms with van der Waals surface area (Å²) in [7, 11) is 0. The van der Waals surface area contributed by atoms with E-state index in [1.807, 2.05) is 0 Å². The number of thioether (sulfide) groups is 1. The second kappa shape index (κ2) is 6.54. The molecular formula is C12H8N2O6S2. The van der Waals surface area contributed by atoms with Crippen LogP contribution in [0.5, 0.6) is 5.75 Å². The molecule has 1 amide bonds. The number of carboxylic acid groups (broad SMARTS) is 1. The summed E-state index contributed by atoms with van der Waals surface area (Å²) in [6.07, 6.45) is 1.36. The van der Waals surface area contributed by atoms with Crippen molar-refractivity contribution in [2.75, 3.05) is 6.61 Å². The Hall–Kier alpha value is -2.46. The molecule has 0 aliphatic carbocycles. The Balaban J connectivity index is 2.41. The van der Waals surface area contributed by atoms with Gasteiger partial charge in [0, 0.05) is 17.7 Å². The van der Waals surface area contributed by atoms with Crippen LogP contribution >= 0.6 is 24.0 Å². The standard InChI is InChI=1S/C12H8N2O6S2/c15-10(16)5-20-8-2-1-7(14(18)19)3-6(8)4-9-11(17)13-12(21)22-9/h1-4H,5H2,(H,15,16)(H,13,17,21)/b9-4+. The van der Waals surface area contributed by atoms with Crippen LogP contribution in [0.3, 0.4) is 0 Å². The van der Waals surface area contributed by atoms with E-state index in [1.165, 1.54) is 24.3 Å². The van der Waals surface area contributed by atoms with Crippen LogP contribution in [0, 0.1) is 10.1 Å². The zero-order chi connectivity index (χ0) is 16.3. The molecule has 8 nitrogen and oxygen atoms in total. The van der Waals surface area contributed by atoms with E-state index in [9.17, 15) is 19.7 Å². The molecule has 1 heterocycles. The lowest BCUT2D eigenvalue weighted by molar-refractivity contribution is -0.384. The summed E-state index contributed by atoms with van der Waals surface area (Å²) < 4.78 is 5.34. The van der Waals surface area contributed by atoms with Crippen LogP contribution in [0.4, 0.5) is 5.69 Å². The number of hydrogen-bond acceptors (Lipinski definition) is 7. The van der Waals surface area contributed by atoms with Gasteiger partial charge in [0.05, 0.1) is 9.83 Å². The van der Waals surface area contributed by atoms with Crippen molar-refractivity contribution in [2.24, 2.45) is 0 Å². The van der Waals surface area contributed by atoms with Crippen LogP contribution in [0.2, 0.25) is 0 Å². The van der Waals surface area contributed by atoms with Crippen molar-refractivity contribution < 1.29 is 24.4 Å². The van der Waals surface area contributed by atoms with Crippen LogP contribution in [-0.4, -0.2) is 32.8 Å². The molecule has 1 fully saturated rings. The third-order valence-corrected chi connectivity index (χ3v) is 3.65. The van der Waals surface area contributed by atoms with Crippen LogP contribution in [-0.2, 0) is 9.59 Å². The Labute approximate surface area is 133 Å². The average molecular weight is 340 g/mol. The fourth-order valence-electron chi connectivity index (χ4n) is 1.60. The van der Waals surface area contributed by atoms with E-state index in [-0.39, 0.29) is 26.2 Å². The normalized spacial score (nSPS) is 15.7. The number of nitrogens with zero attached hydrogens (tertiary/aromatic N) is 1. The van der Waals surface area contributed by atoms with E-state index in [1.54, 1.807) is 0 Å². The summed E-state index contributed by atoms with van der Waals surface area (Å²) in [6.45, 7) is -0.605. The molecular weight excluding hydrogens is 332 g/mol. The molecule has 0 unspecified atom stereocenters. The number of non-ortho nitro benzene ring substituents is 1. The highest BCUT2D eigenvalue weighted by molar-refractivity contribution is 8.26. The number of rotatable bonds is 5. The molecule has 1 aromatic carbocycles. The van der Waals surface area contributed by atoms with Crippen molar-refractivity contribution in [3.8, 4) is 5.75 Å². The highest BCUT2D eigenvalue weighted by Crippen LogP contribution is 2.31. The molecule has 1 saturated heterocycles. The largest absolute Gasteiger partial charge is 0.481 e. The van der Waals surface area contributed by atoms with E-state index >= 15 is 0 Å². The summed E-state index contributed by atoms with van der Waals surface area (Å²) in [4.78, 5) is 32.7. The van der Waals surface area contributed by atoms with Crippen molar-refractivity contribution >= 4 is 51.9 Å². The number of amides is 1. The fraction of sp³-hybridized carbons (Fsp3) is 0.0833. The first-order chi connectivity index (χ1) is 10.4. The second-order valence-corrected chi connectivity index (χ2v) is 5.73. The predicted octanol–water partition coefficient (Wildman–Crippen LogP) is 1.55. The SMILES string of the molecule is O=C(O)COc1ccc([N+](=O)[O-])cc1/C=C1/SC(=S)NC1=O. The minimum atomic E-state index is -1.19. The highest BCUT2D eigenvalue weighted by Gasteiger charge is 2.23. The lowest BCUT2D eigenvalue weighted by atomic mass is 10.1. The lowest BCUT2D eigenvalue weighted by Gasteiger charge is -2.07. The van der Waals surface area contributed by atoms with Gasteiger partial charge in [-0.05, 0) is 12.1 Å². The minimum absolute atomic E-state index is 0.117. The zero-order valence-electron chi connectivity index (χ0n) is 10.8. The van der Waals surface area contributed by atoms with Gasteiger partial charge in [-0.15, -0.1) is 0 Å². The van der Waals surface area contributed by atoms with E-state index in [4.69, 9.17) is 22.1 Å². The average Bonchev–Trinajstić information content (AvgIpc) is 2.75. The molecule has 22 heavy (non-hydrogen) atoms. The number of ether oxygens (including phenoxy) is 1. The molecule has 0 aromatic heterocycles. The number of thiocarbonyl (C=S) groups is 1. The molecule has 2 rings (SSSR count). The molecule has 1 aromatic rings. The maximum absolute atomic E-state index is 11.6. The number of nitro benzene ring substituents is 1. The van der Waals surface area contributed by atoms with Crippen molar-refractivity contribution in [1.82, 2.24) is 5.32 Å². The van der Waals surface area contributed by atoms with Crippen molar-refractivity contribution in [2.45, 2.75) is 0 Å². The van der Waals surface area contributed by atoms with Gasteiger partial charge in [0.1, 0.15) is 10.1 Å². The summed E-state index contributed by atoms with van der Waals surface area (Å²) in [6, 6.07) is 3.66. The first kappa shape index (κ1) is 15.9. The number of nitro groups is 1. The summed E-state index contributed by atoms with van der Waals surface area (Å²) in [5.74, 6) is -1.50. The maximum atomic E-state index is 11.6. The third-order valence-electron chi connectivity index (χ3n) is 2.48. The Bertz CT molecular complexity index is 716. The van der Waals surface area contributed by atoms with E-state index in [2.05, 4.69) is 5.32 Å². The van der Waals surface area contributed by atoms with Gasteiger partial charge in [-0.1, -0.05) is 24.0 Å². The number of carboxylic acids is 1. The second-order valence-electron chi connectivity index (χ2n) is 4.01. The fourth-order valence-corrected chi connectivity index (χ4v) is 2.63. The van der Waals surface area contributed by atoms with E-state index < -0.39 is 23.4 Å². The van der Waals surface area contributed by atoms with E-state index in [0.717, 1.165) is 11.8 Å². The molecule has 0 spiro atoms. The molecule has 1 aliphatic heterocycles. The third kappa shape index (κ3) is 3.80. The van der Waals surface area contributed by atoms with Gasteiger partial charge in [-0.3, -0.25) is 14.9 Å². The molecule has 0 saturated carbocycles. The molecule has 0 bridgehead atoms. The smallest absolute Gasteiger partial charge is 0.341 e. The van der Waals surface area contributed by atoms with Crippen molar-refractivity contribution in [3.63, 3.8) is 0 Å². The van der Waals surface area contributed by atoms with Gasteiger partial charge in [0.2, 0.25) is 0 Å². The van der Waals surface area contributed by atoms with Gasteiger partial charge in [-0.25, -0.2) is 4.79 Å². The maximum Gasteiger partial charge on any atom is 0.341 e. The number of carbonyl (C=O) groups excluding carboxylic acids is 1. The number of benzene rings is 1. The molecule has 2 N–H and O–H groups in total. The Morgan fingerprint density at radius 3 is 2.82 bits per heavy atom.